The van der Waals surface area contributed by atoms with E-state index in [1.54, 1.807) is 0 Å². The van der Waals surface area contributed by atoms with Crippen LogP contribution in [0, 0.1) is 0 Å². The summed E-state index contributed by atoms with van der Waals surface area (Å²) in [6.07, 6.45) is 15.5. The smallest absolute Gasteiger partial charge is 0.234 e. The maximum atomic E-state index is 12.4. The number of rotatable bonds is 6. The van der Waals surface area contributed by atoms with Gasteiger partial charge in [-0.1, -0.05) is 18.1 Å². The minimum absolute atomic E-state index is 0.164. The summed E-state index contributed by atoms with van der Waals surface area (Å²) in [5, 5.41) is 12.2. The summed E-state index contributed by atoms with van der Waals surface area (Å²) in [5.74, 6) is 2.90. The molecule has 0 radical (unpaired) electrons. The van der Waals surface area contributed by atoms with Crippen molar-refractivity contribution in [2.75, 3.05) is 26.2 Å². The number of piperidine rings is 1. The Morgan fingerprint density at radius 2 is 2.00 bits per heavy atom. The van der Waals surface area contributed by atoms with Crippen LogP contribution in [0.2, 0.25) is 0 Å². The van der Waals surface area contributed by atoms with E-state index >= 15 is 0 Å². The van der Waals surface area contributed by atoms with Gasteiger partial charge in [0.1, 0.15) is 11.6 Å². The predicted octanol–water partition coefficient (Wildman–Crippen LogP) is 3.19. The lowest BCUT2D eigenvalue weighted by molar-refractivity contribution is -0.122. The topological polar surface area (TPSA) is 63.1 Å². The molecule has 1 N–H and O–H groups in total. The van der Waals surface area contributed by atoms with Gasteiger partial charge in [-0.05, 0) is 64.3 Å². The Labute approximate surface area is 168 Å². The van der Waals surface area contributed by atoms with E-state index in [9.17, 15) is 4.79 Å². The number of aromatic nitrogens is 3. The minimum Gasteiger partial charge on any atom is -0.355 e. The van der Waals surface area contributed by atoms with Crippen LogP contribution in [0.15, 0.2) is 11.6 Å². The van der Waals surface area contributed by atoms with Crippen LogP contribution >= 0.6 is 0 Å². The number of nitrogens with zero attached hydrogens (tertiary/aromatic N) is 4. The molecule has 0 aromatic carbocycles. The summed E-state index contributed by atoms with van der Waals surface area (Å²) in [7, 11) is 0. The summed E-state index contributed by atoms with van der Waals surface area (Å²) < 4.78 is 2.37. The van der Waals surface area contributed by atoms with Gasteiger partial charge in [0.15, 0.2) is 0 Å². The summed E-state index contributed by atoms with van der Waals surface area (Å²) in [6.45, 7) is 4.29. The molecule has 154 valence electrons. The molecular formula is C22H35N5O. The van der Waals surface area contributed by atoms with Gasteiger partial charge in [0, 0.05) is 32.0 Å². The molecule has 28 heavy (non-hydrogen) atoms. The van der Waals surface area contributed by atoms with Gasteiger partial charge in [-0.3, -0.25) is 9.69 Å². The van der Waals surface area contributed by atoms with Gasteiger partial charge in [-0.15, -0.1) is 10.2 Å². The second-order valence-electron chi connectivity index (χ2n) is 8.72. The molecule has 0 bridgehead atoms. The zero-order chi connectivity index (χ0) is 19.2. The SMILES string of the molecule is O=C(CN1CCCC(c2nnc3n2CCCCC3)C1)NCCC1=CCCCC1. The maximum absolute atomic E-state index is 12.4. The molecule has 6 nitrogen and oxygen atoms in total. The number of hydrogen-bond donors (Lipinski definition) is 1. The first kappa shape index (κ1) is 19.6. The highest BCUT2D eigenvalue weighted by Gasteiger charge is 2.28. The largest absolute Gasteiger partial charge is 0.355 e. The van der Waals surface area contributed by atoms with Gasteiger partial charge in [0.25, 0.3) is 0 Å². The van der Waals surface area contributed by atoms with Gasteiger partial charge >= 0.3 is 0 Å². The summed E-state index contributed by atoms with van der Waals surface area (Å²) in [4.78, 5) is 14.7. The first-order chi connectivity index (χ1) is 13.8. The van der Waals surface area contributed by atoms with Crippen LogP contribution in [0.4, 0.5) is 0 Å². The lowest BCUT2D eigenvalue weighted by Crippen LogP contribution is -2.42. The lowest BCUT2D eigenvalue weighted by Gasteiger charge is -2.32. The van der Waals surface area contributed by atoms with Crippen LogP contribution < -0.4 is 5.32 Å². The van der Waals surface area contributed by atoms with E-state index in [-0.39, 0.29) is 5.91 Å². The number of allylic oxidation sites excluding steroid dienone is 1. The number of carbonyl (C=O) groups is 1. The molecule has 2 aliphatic heterocycles. The van der Waals surface area contributed by atoms with E-state index in [2.05, 4.69) is 31.1 Å². The third kappa shape index (κ3) is 5.02. The van der Waals surface area contributed by atoms with Crippen molar-refractivity contribution in [3.8, 4) is 0 Å². The second kappa shape index (κ2) is 9.68. The van der Waals surface area contributed by atoms with E-state index in [4.69, 9.17) is 0 Å². The Balaban J connectivity index is 1.26. The number of fused-ring (bicyclic) bond motifs is 1. The first-order valence-electron chi connectivity index (χ1n) is 11.4. The van der Waals surface area contributed by atoms with Crippen molar-refractivity contribution < 1.29 is 4.79 Å². The molecule has 0 saturated carbocycles. The third-order valence-corrected chi connectivity index (χ3v) is 6.53. The van der Waals surface area contributed by atoms with E-state index in [1.807, 2.05) is 0 Å². The normalized spacial score (nSPS) is 23.6. The van der Waals surface area contributed by atoms with Crippen LogP contribution in [-0.2, 0) is 17.8 Å². The molecule has 1 fully saturated rings. The molecule has 3 aliphatic rings. The van der Waals surface area contributed by atoms with Gasteiger partial charge in [0.2, 0.25) is 5.91 Å². The summed E-state index contributed by atoms with van der Waals surface area (Å²) in [6, 6.07) is 0. The zero-order valence-electron chi connectivity index (χ0n) is 17.2. The number of likely N-dealkylation sites (tertiary alicyclic amines) is 1. The van der Waals surface area contributed by atoms with E-state index < -0.39 is 0 Å². The van der Waals surface area contributed by atoms with E-state index in [0.717, 1.165) is 57.7 Å². The maximum Gasteiger partial charge on any atom is 0.234 e. The number of amides is 1. The van der Waals surface area contributed by atoms with Crippen molar-refractivity contribution in [3.05, 3.63) is 23.3 Å². The third-order valence-electron chi connectivity index (χ3n) is 6.53. The highest BCUT2D eigenvalue weighted by atomic mass is 16.2. The summed E-state index contributed by atoms with van der Waals surface area (Å²) >= 11 is 0. The van der Waals surface area contributed by atoms with Gasteiger partial charge in [-0.2, -0.15) is 0 Å². The standard InChI is InChI=1S/C22H35N5O/c28-21(23-13-12-18-8-3-1-4-9-18)17-26-14-7-10-19(16-26)22-25-24-20-11-5-2-6-15-27(20)22/h8,19H,1-7,9-17H2,(H,23,28). The monoisotopic (exact) mass is 385 g/mol. The molecular weight excluding hydrogens is 350 g/mol. The summed E-state index contributed by atoms with van der Waals surface area (Å²) in [5.41, 5.74) is 1.53. The van der Waals surface area contributed by atoms with Crippen molar-refractivity contribution in [1.82, 2.24) is 25.0 Å². The van der Waals surface area contributed by atoms with Crippen LogP contribution in [0.25, 0.3) is 0 Å². The highest BCUT2D eigenvalue weighted by Crippen LogP contribution is 2.27. The molecule has 1 aromatic rings. The molecule has 1 atom stereocenters. The Kier molecular flexibility index (Phi) is 6.78. The average molecular weight is 386 g/mol. The zero-order valence-corrected chi connectivity index (χ0v) is 17.2. The fourth-order valence-corrected chi connectivity index (χ4v) is 4.97. The molecule has 0 spiro atoms. The highest BCUT2D eigenvalue weighted by molar-refractivity contribution is 5.78. The molecule has 1 aromatic heterocycles. The fourth-order valence-electron chi connectivity index (χ4n) is 4.97. The lowest BCUT2D eigenvalue weighted by atomic mass is 9.97. The molecule has 1 unspecified atom stereocenters. The molecule has 6 heteroatoms. The van der Waals surface area contributed by atoms with Crippen molar-refractivity contribution in [2.24, 2.45) is 0 Å². The number of aryl methyl sites for hydroxylation is 1. The average Bonchev–Trinajstić information content (AvgIpc) is 2.97. The number of nitrogens with one attached hydrogen (secondary N) is 1. The molecule has 4 rings (SSSR count). The second-order valence-corrected chi connectivity index (χ2v) is 8.72. The van der Waals surface area contributed by atoms with Crippen molar-refractivity contribution >= 4 is 5.91 Å². The molecule has 1 aliphatic carbocycles. The fraction of sp³-hybridized carbons (Fsp3) is 0.773. The Morgan fingerprint density at radius 3 is 2.89 bits per heavy atom. The van der Waals surface area contributed by atoms with Crippen molar-refractivity contribution in [2.45, 2.75) is 83.1 Å². The predicted molar refractivity (Wildman–Crippen MR) is 110 cm³/mol. The number of carbonyl (C=O) groups excluding carboxylic acids is 1. The van der Waals surface area contributed by atoms with E-state index in [1.165, 1.54) is 56.3 Å². The van der Waals surface area contributed by atoms with Crippen LogP contribution in [0.1, 0.15) is 81.8 Å². The van der Waals surface area contributed by atoms with Crippen molar-refractivity contribution in [3.63, 3.8) is 0 Å². The molecule has 3 heterocycles. The number of hydrogen-bond acceptors (Lipinski definition) is 4. The van der Waals surface area contributed by atoms with Gasteiger partial charge in [-0.25, -0.2) is 0 Å². The van der Waals surface area contributed by atoms with Crippen LogP contribution in [-0.4, -0.2) is 51.8 Å². The van der Waals surface area contributed by atoms with E-state index in [0.29, 0.717) is 12.5 Å². The quantitative estimate of drug-likeness (QED) is 0.764. The minimum atomic E-state index is 0.164. The van der Waals surface area contributed by atoms with Crippen LogP contribution in [0.3, 0.4) is 0 Å². The van der Waals surface area contributed by atoms with Gasteiger partial charge in [0.05, 0.1) is 6.54 Å². The Morgan fingerprint density at radius 1 is 1.07 bits per heavy atom. The van der Waals surface area contributed by atoms with Gasteiger partial charge < -0.3 is 9.88 Å². The van der Waals surface area contributed by atoms with Crippen molar-refractivity contribution in [1.29, 1.82) is 0 Å². The molecule has 1 saturated heterocycles. The Hall–Kier alpha value is -1.69. The Bertz CT molecular complexity index is 695. The first-order valence-corrected chi connectivity index (χ1v) is 11.4. The van der Waals surface area contributed by atoms with Crippen LogP contribution in [0.5, 0.6) is 0 Å². The molecule has 1 amide bonds.